The van der Waals surface area contributed by atoms with Gasteiger partial charge in [-0.25, -0.2) is 0 Å². The van der Waals surface area contributed by atoms with Gasteiger partial charge in [0, 0.05) is 12.2 Å². The third kappa shape index (κ3) is 3.76. The monoisotopic (exact) mass is 243 g/mol. The molecular formula is C17H25N. The van der Waals surface area contributed by atoms with Gasteiger partial charge in [-0.05, 0) is 49.4 Å². The van der Waals surface area contributed by atoms with Crippen molar-refractivity contribution in [2.75, 3.05) is 6.54 Å². The molecule has 0 saturated heterocycles. The molecule has 0 aliphatic heterocycles. The van der Waals surface area contributed by atoms with Crippen LogP contribution in [0.15, 0.2) is 31.4 Å². The van der Waals surface area contributed by atoms with E-state index in [1.54, 1.807) is 0 Å². The molecule has 18 heavy (non-hydrogen) atoms. The summed E-state index contributed by atoms with van der Waals surface area (Å²) in [6.07, 6.45) is 3.59. The van der Waals surface area contributed by atoms with E-state index < -0.39 is 0 Å². The summed E-state index contributed by atoms with van der Waals surface area (Å²) in [5, 5.41) is 3.27. The molecule has 0 bridgehead atoms. The first-order valence-corrected chi connectivity index (χ1v) is 6.82. The molecule has 0 unspecified atom stereocenters. The Morgan fingerprint density at radius 3 is 2.50 bits per heavy atom. The van der Waals surface area contributed by atoms with Crippen molar-refractivity contribution in [2.45, 2.75) is 40.0 Å². The van der Waals surface area contributed by atoms with Crippen LogP contribution in [0.5, 0.6) is 0 Å². The van der Waals surface area contributed by atoms with E-state index in [-0.39, 0.29) is 0 Å². The van der Waals surface area contributed by atoms with E-state index in [0.717, 1.165) is 29.8 Å². The van der Waals surface area contributed by atoms with Crippen molar-refractivity contribution in [3.05, 3.63) is 48.0 Å². The van der Waals surface area contributed by atoms with Gasteiger partial charge in [-0.1, -0.05) is 44.2 Å². The topological polar surface area (TPSA) is 12.0 Å². The standard InChI is InChI=1S/C17H25N/c1-6-8-9-15-10-11-16(14(5)18-7-2)12-17(15)13(3)4/h10-12,18H,3,5-9H2,1-2,4H3. The minimum absolute atomic E-state index is 0.902. The molecule has 0 atom stereocenters. The molecule has 1 nitrogen and oxygen atoms in total. The van der Waals surface area contributed by atoms with Crippen LogP contribution < -0.4 is 5.32 Å². The quantitative estimate of drug-likeness (QED) is 0.735. The second-order valence-corrected chi connectivity index (χ2v) is 4.76. The molecule has 1 aromatic rings. The van der Waals surface area contributed by atoms with Crippen LogP contribution in [0.2, 0.25) is 0 Å². The lowest BCUT2D eigenvalue weighted by Crippen LogP contribution is -2.10. The zero-order chi connectivity index (χ0) is 13.5. The Kier molecular flexibility index (Phi) is 5.70. The van der Waals surface area contributed by atoms with Crippen molar-refractivity contribution in [1.29, 1.82) is 0 Å². The molecule has 0 amide bonds. The number of aryl methyl sites for hydroxylation is 1. The SMILES string of the molecule is C=C(NCC)c1ccc(CCCC)c(C(=C)C)c1. The molecule has 0 fully saturated rings. The number of allylic oxidation sites excluding steroid dienone is 1. The smallest absolute Gasteiger partial charge is 0.0340 e. The number of hydrogen-bond acceptors (Lipinski definition) is 1. The van der Waals surface area contributed by atoms with Gasteiger partial charge in [0.2, 0.25) is 0 Å². The molecule has 0 aliphatic rings. The summed E-state index contributed by atoms with van der Waals surface area (Å²) in [5.41, 5.74) is 5.96. The molecule has 1 heteroatoms. The summed E-state index contributed by atoms with van der Waals surface area (Å²) in [4.78, 5) is 0. The molecule has 0 spiro atoms. The van der Waals surface area contributed by atoms with Crippen LogP contribution in [0.1, 0.15) is 50.3 Å². The molecule has 0 heterocycles. The van der Waals surface area contributed by atoms with Gasteiger partial charge in [0.15, 0.2) is 0 Å². The normalized spacial score (nSPS) is 10.2. The van der Waals surface area contributed by atoms with Crippen molar-refractivity contribution in [1.82, 2.24) is 5.32 Å². The zero-order valence-corrected chi connectivity index (χ0v) is 12.0. The predicted octanol–water partition coefficient (Wildman–Crippen LogP) is 4.64. The Bertz CT molecular complexity index is 429. The Morgan fingerprint density at radius 1 is 1.22 bits per heavy atom. The van der Waals surface area contributed by atoms with Crippen molar-refractivity contribution in [2.24, 2.45) is 0 Å². The highest BCUT2D eigenvalue weighted by Gasteiger charge is 2.06. The summed E-state index contributed by atoms with van der Waals surface area (Å²) >= 11 is 0. The Balaban J connectivity index is 3.03. The molecule has 0 saturated carbocycles. The van der Waals surface area contributed by atoms with Crippen LogP contribution >= 0.6 is 0 Å². The van der Waals surface area contributed by atoms with Gasteiger partial charge in [-0.15, -0.1) is 0 Å². The summed E-state index contributed by atoms with van der Waals surface area (Å²) in [6.45, 7) is 15.4. The first-order chi connectivity index (χ1) is 8.60. The molecule has 1 N–H and O–H groups in total. The number of rotatable bonds is 7. The van der Waals surface area contributed by atoms with Gasteiger partial charge in [0.05, 0.1) is 0 Å². The lowest BCUT2D eigenvalue weighted by Gasteiger charge is -2.13. The van der Waals surface area contributed by atoms with E-state index in [9.17, 15) is 0 Å². The average Bonchev–Trinajstić information content (AvgIpc) is 2.36. The minimum atomic E-state index is 0.902. The second-order valence-electron chi connectivity index (χ2n) is 4.76. The van der Waals surface area contributed by atoms with E-state index in [1.165, 1.54) is 24.0 Å². The van der Waals surface area contributed by atoms with E-state index in [4.69, 9.17) is 0 Å². The van der Waals surface area contributed by atoms with Crippen LogP contribution in [0.25, 0.3) is 11.3 Å². The molecule has 1 rings (SSSR count). The summed E-state index contributed by atoms with van der Waals surface area (Å²) in [7, 11) is 0. The second kappa shape index (κ2) is 7.05. The van der Waals surface area contributed by atoms with Crippen LogP contribution in [0.3, 0.4) is 0 Å². The summed E-state index contributed by atoms with van der Waals surface area (Å²) < 4.78 is 0. The highest BCUT2D eigenvalue weighted by atomic mass is 14.9. The summed E-state index contributed by atoms with van der Waals surface area (Å²) in [6, 6.07) is 6.58. The fourth-order valence-electron chi connectivity index (χ4n) is 2.06. The number of nitrogens with one attached hydrogen (secondary N) is 1. The Morgan fingerprint density at radius 2 is 1.94 bits per heavy atom. The Labute approximate surface area is 112 Å². The van der Waals surface area contributed by atoms with Gasteiger partial charge in [-0.3, -0.25) is 0 Å². The number of hydrogen-bond donors (Lipinski definition) is 1. The molecular weight excluding hydrogens is 218 g/mol. The molecule has 0 aromatic heterocycles. The maximum Gasteiger partial charge on any atom is 0.0340 e. The maximum absolute atomic E-state index is 4.09. The largest absolute Gasteiger partial charge is 0.385 e. The highest BCUT2D eigenvalue weighted by molar-refractivity contribution is 5.71. The van der Waals surface area contributed by atoms with E-state index in [1.807, 2.05) is 0 Å². The van der Waals surface area contributed by atoms with Crippen LogP contribution in [0.4, 0.5) is 0 Å². The van der Waals surface area contributed by atoms with Gasteiger partial charge >= 0.3 is 0 Å². The third-order valence-corrected chi connectivity index (χ3v) is 3.11. The van der Waals surface area contributed by atoms with Gasteiger partial charge in [0.1, 0.15) is 0 Å². The van der Waals surface area contributed by atoms with E-state index >= 15 is 0 Å². The number of unbranched alkanes of at least 4 members (excludes halogenated alkanes) is 1. The lowest BCUT2D eigenvalue weighted by atomic mass is 9.95. The lowest BCUT2D eigenvalue weighted by molar-refractivity contribution is 0.793. The first-order valence-electron chi connectivity index (χ1n) is 6.82. The minimum Gasteiger partial charge on any atom is -0.385 e. The zero-order valence-electron chi connectivity index (χ0n) is 12.0. The summed E-state index contributed by atoms with van der Waals surface area (Å²) in [5.74, 6) is 0. The third-order valence-electron chi connectivity index (χ3n) is 3.11. The number of benzene rings is 1. The average molecular weight is 243 g/mol. The van der Waals surface area contributed by atoms with Gasteiger partial charge in [-0.2, -0.15) is 0 Å². The van der Waals surface area contributed by atoms with E-state index in [0.29, 0.717) is 0 Å². The van der Waals surface area contributed by atoms with Gasteiger partial charge < -0.3 is 5.32 Å². The Hall–Kier alpha value is -1.50. The highest BCUT2D eigenvalue weighted by Crippen LogP contribution is 2.23. The molecule has 0 radical (unpaired) electrons. The van der Waals surface area contributed by atoms with Crippen LogP contribution in [-0.4, -0.2) is 6.54 Å². The van der Waals surface area contributed by atoms with Crippen molar-refractivity contribution in [3.63, 3.8) is 0 Å². The fourth-order valence-corrected chi connectivity index (χ4v) is 2.06. The van der Waals surface area contributed by atoms with Crippen molar-refractivity contribution < 1.29 is 0 Å². The van der Waals surface area contributed by atoms with Crippen molar-refractivity contribution >= 4 is 11.3 Å². The van der Waals surface area contributed by atoms with Crippen LogP contribution in [0, 0.1) is 0 Å². The maximum atomic E-state index is 4.09. The van der Waals surface area contributed by atoms with Gasteiger partial charge in [0.25, 0.3) is 0 Å². The molecule has 1 aromatic carbocycles. The molecule has 98 valence electrons. The predicted molar refractivity (Wildman–Crippen MR) is 82.5 cm³/mol. The van der Waals surface area contributed by atoms with E-state index in [2.05, 4.69) is 57.4 Å². The first kappa shape index (κ1) is 14.6. The van der Waals surface area contributed by atoms with Crippen LogP contribution in [-0.2, 0) is 6.42 Å². The molecule has 0 aliphatic carbocycles. The van der Waals surface area contributed by atoms with Crippen molar-refractivity contribution in [3.8, 4) is 0 Å². The fraction of sp³-hybridized carbons (Fsp3) is 0.412.